The lowest BCUT2D eigenvalue weighted by Crippen LogP contribution is -2.47. The number of aromatic nitrogens is 3. The Labute approximate surface area is 177 Å². The number of rotatable bonds is 4. The summed E-state index contributed by atoms with van der Waals surface area (Å²) in [6.07, 6.45) is 3.88. The summed E-state index contributed by atoms with van der Waals surface area (Å²) < 4.78 is 7.78. The third kappa shape index (κ3) is 4.23. The lowest BCUT2D eigenvalue weighted by Gasteiger charge is -2.34. The Morgan fingerprint density at radius 3 is 2.90 bits per heavy atom. The average molecular weight is 408 g/mol. The molecular formula is C22H29N7O. The first-order valence-electron chi connectivity index (χ1n) is 10.2. The van der Waals surface area contributed by atoms with Gasteiger partial charge in [0.05, 0.1) is 24.9 Å². The summed E-state index contributed by atoms with van der Waals surface area (Å²) in [5.41, 5.74) is 3.29. The smallest absolute Gasteiger partial charge is 0.194 e. The largest absolute Gasteiger partial charge is 0.370 e. The molecule has 0 spiro atoms. The fourth-order valence-electron chi connectivity index (χ4n) is 3.76. The third-order valence-electron chi connectivity index (χ3n) is 5.36. The molecule has 8 nitrogen and oxygen atoms in total. The topological polar surface area (TPSA) is 70.8 Å². The van der Waals surface area contributed by atoms with E-state index in [1.165, 1.54) is 5.56 Å². The van der Waals surface area contributed by atoms with Crippen LogP contribution in [0.3, 0.4) is 0 Å². The Kier molecular flexibility index (Phi) is 5.85. The highest BCUT2D eigenvalue weighted by Gasteiger charge is 2.25. The second kappa shape index (κ2) is 8.71. The van der Waals surface area contributed by atoms with E-state index in [-0.39, 0.29) is 6.10 Å². The molecule has 4 rings (SSSR count). The number of nitrogens with zero attached hydrogens (tertiary/aromatic N) is 6. The Hall–Kier alpha value is -3.13. The van der Waals surface area contributed by atoms with E-state index in [4.69, 9.17) is 9.72 Å². The Morgan fingerprint density at radius 2 is 2.17 bits per heavy atom. The second-order valence-corrected chi connectivity index (χ2v) is 7.70. The van der Waals surface area contributed by atoms with Crippen molar-refractivity contribution in [2.75, 3.05) is 45.7 Å². The minimum atomic E-state index is -0.00639. The number of fused-ring (bicyclic) bond motifs is 1. The van der Waals surface area contributed by atoms with E-state index >= 15 is 0 Å². The van der Waals surface area contributed by atoms with Gasteiger partial charge in [0.2, 0.25) is 0 Å². The molecule has 0 saturated carbocycles. The zero-order valence-electron chi connectivity index (χ0n) is 18.0. The highest BCUT2D eigenvalue weighted by atomic mass is 16.5. The van der Waals surface area contributed by atoms with Gasteiger partial charge in [0.15, 0.2) is 5.96 Å². The van der Waals surface area contributed by atoms with Gasteiger partial charge < -0.3 is 19.9 Å². The number of guanidine groups is 1. The van der Waals surface area contributed by atoms with Crippen molar-refractivity contribution in [1.82, 2.24) is 25.0 Å². The number of hydrogen-bond donors (Lipinski definition) is 1. The Morgan fingerprint density at radius 1 is 1.33 bits per heavy atom. The van der Waals surface area contributed by atoms with Crippen molar-refractivity contribution in [3.8, 4) is 0 Å². The molecule has 1 unspecified atom stereocenters. The molecule has 30 heavy (non-hydrogen) atoms. The molecule has 2 aromatic heterocycles. The van der Waals surface area contributed by atoms with Gasteiger partial charge in [0.1, 0.15) is 11.9 Å². The molecule has 1 aliphatic rings. The fourth-order valence-corrected chi connectivity index (χ4v) is 3.76. The van der Waals surface area contributed by atoms with Gasteiger partial charge >= 0.3 is 0 Å². The molecule has 8 heteroatoms. The third-order valence-corrected chi connectivity index (χ3v) is 5.36. The number of aliphatic imine (C=N–C) groups is 1. The fraction of sp³-hybridized carbons (Fsp3) is 0.409. The van der Waals surface area contributed by atoms with Crippen molar-refractivity contribution < 1.29 is 4.74 Å². The summed E-state index contributed by atoms with van der Waals surface area (Å²) >= 11 is 0. The summed E-state index contributed by atoms with van der Waals surface area (Å²) in [5, 5.41) is 8.97. The van der Waals surface area contributed by atoms with E-state index in [0.717, 1.165) is 41.3 Å². The lowest BCUT2D eigenvalue weighted by molar-refractivity contribution is -0.00805. The molecule has 0 aliphatic carbocycles. The van der Waals surface area contributed by atoms with Crippen LogP contribution in [0, 0.1) is 0 Å². The maximum atomic E-state index is 5.97. The van der Waals surface area contributed by atoms with Crippen LogP contribution in [0.4, 0.5) is 5.82 Å². The van der Waals surface area contributed by atoms with Crippen LogP contribution in [0.2, 0.25) is 0 Å². The number of morpholine rings is 1. The molecule has 1 aliphatic heterocycles. The molecule has 1 saturated heterocycles. The van der Waals surface area contributed by atoms with E-state index < -0.39 is 0 Å². The number of nitrogens with one attached hydrogen (secondary N) is 1. The molecule has 1 N–H and O–H groups in total. The summed E-state index contributed by atoms with van der Waals surface area (Å²) in [6.45, 7) is 2.87. The van der Waals surface area contributed by atoms with Gasteiger partial charge in [-0.2, -0.15) is 5.10 Å². The number of pyridine rings is 1. The van der Waals surface area contributed by atoms with E-state index in [0.29, 0.717) is 13.2 Å². The number of aryl methyl sites for hydroxylation is 1. The van der Waals surface area contributed by atoms with Gasteiger partial charge in [-0.25, -0.2) is 4.98 Å². The predicted octanol–water partition coefficient (Wildman–Crippen LogP) is 2.18. The van der Waals surface area contributed by atoms with Crippen LogP contribution < -0.4 is 10.2 Å². The molecular weight excluding hydrogens is 378 g/mol. The molecule has 0 amide bonds. The number of anilines is 1. The zero-order chi connectivity index (χ0) is 21.1. The van der Waals surface area contributed by atoms with Crippen molar-refractivity contribution >= 4 is 22.7 Å². The Balaban J connectivity index is 1.51. The molecule has 3 aromatic rings. The van der Waals surface area contributed by atoms with Crippen LogP contribution in [0.25, 0.3) is 10.9 Å². The van der Waals surface area contributed by atoms with Gasteiger partial charge in [-0.1, -0.05) is 18.2 Å². The summed E-state index contributed by atoms with van der Waals surface area (Å²) in [5.74, 6) is 1.82. The minimum Gasteiger partial charge on any atom is -0.370 e. The SMILES string of the molecule is CN=C(NCc1cc(N(C)C)nc2ccccc12)N1CCOC(c2cnn(C)c2)C1. The number of hydrogen-bond acceptors (Lipinski definition) is 5. The van der Waals surface area contributed by atoms with Gasteiger partial charge in [-0.05, 0) is 17.7 Å². The predicted molar refractivity (Wildman–Crippen MR) is 120 cm³/mol. The summed E-state index contributed by atoms with van der Waals surface area (Å²) in [4.78, 5) is 13.6. The van der Waals surface area contributed by atoms with Crippen molar-refractivity contribution in [3.05, 3.63) is 53.9 Å². The van der Waals surface area contributed by atoms with Gasteiger partial charge in [-0.3, -0.25) is 9.67 Å². The first-order chi connectivity index (χ1) is 14.5. The van der Waals surface area contributed by atoms with Crippen molar-refractivity contribution in [1.29, 1.82) is 0 Å². The molecule has 0 bridgehead atoms. The first kappa shape index (κ1) is 20.2. The van der Waals surface area contributed by atoms with Crippen molar-refractivity contribution in [2.45, 2.75) is 12.6 Å². The standard InChI is InChI=1S/C22H29N7O/c1-23-22(29-9-10-30-20(15-29)17-13-25-28(4)14-17)24-12-16-11-21(27(2)3)26-19-8-6-5-7-18(16)19/h5-8,11,13-14,20H,9-10,12,15H2,1-4H3,(H,23,24). The maximum absolute atomic E-state index is 5.97. The molecule has 1 aromatic carbocycles. The van der Waals surface area contributed by atoms with Crippen LogP contribution in [0.15, 0.2) is 47.7 Å². The van der Waals surface area contributed by atoms with Crippen LogP contribution in [-0.2, 0) is 18.3 Å². The van der Waals surface area contributed by atoms with E-state index in [1.807, 2.05) is 56.2 Å². The van der Waals surface area contributed by atoms with E-state index in [2.05, 4.69) is 44.6 Å². The van der Waals surface area contributed by atoms with Crippen molar-refractivity contribution in [3.63, 3.8) is 0 Å². The Bertz CT molecular complexity index is 1040. The molecule has 158 valence electrons. The number of ether oxygens (including phenoxy) is 1. The van der Waals surface area contributed by atoms with Crippen LogP contribution >= 0.6 is 0 Å². The number of benzene rings is 1. The zero-order valence-corrected chi connectivity index (χ0v) is 18.0. The maximum Gasteiger partial charge on any atom is 0.194 e. The van der Waals surface area contributed by atoms with E-state index in [1.54, 1.807) is 0 Å². The second-order valence-electron chi connectivity index (χ2n) is 7.70. The normalized spacial score (nSPS) is 17.4. The summed E-state index contributed by atoms with van der Waals surface area (Å²) in [7, 11) is 7.78. The van der Waals surface area contributed by atoms with E-state index in [9.17, 15) is 0 Å². The quantitative estimate of drug-likeness (QED) is 0.528. The highest BCUT2D eigenvalue weighted by Crippen LogP contribution is 2.23. The van der Waals surface area contributed by atoms with Gasteiger partial charge in [0, 0.05) is 58.4 Å². The minimum absolute atomic E-state index is 0.00639. The van der Waals surface area contributed by atoms with Crippen LogP contribution in [0.5, 0.6) is 0 Å². The molecule has 1 fully saturated rings. The highest BCUT2D eigenvalue weighted by molar-refractivity contribution is 5.85. The van der Waals surface area contributed by atoms with Crippen LogP contribution in [-0.4, -0.2) is 66.5 Å². The van der Waals surface area contributed by atoms with Gasteiger partial charge in [0.25, 0.3) is 0 Å². The number of para-hydroxylation sites is 1. The molecule has 1 atom stereocenters. The molecule has 3 heterocycles. The van der Waals surface area contributed by atoms with Gasteiger partial charge in [-0.15, -0.1) is 0 Å². The average Bonchev–Trinajstić information content (AvgIpc) is 3.20. The van der Waals surface area contributed by atoms with Crippen LogP contribution in [0.1, 0.15) is 17.2 Å². The molecule has 0 radical (unpaired) electrons. The monoisotopic (exact) mass is 407 g/mol. The lowest BCUT2D eigenvalue weighted by atomic mass is 10.1. The summed E-state index contributed by atoms with van der Waals surface area (Å²) in [6, 6.07) is 10.4. The van der Waals surface area contributed by atoms with Crippen molar-refractivity contribution in [2.24, 2.45) is 12.0 Å². The first-order valence-corrected chi connectivity index (χ1v) is 10.2.